The lowest BCUT2D eigenvalue weighted by atomic mass is 9.93. The van der Waals surface area contributed by atoms with Crippen LogP contribution in [-0.4, -0.2) is 54.6 Å². The summed E-state index contributed by atoms with van der Waals surface area (Å²) in [5.41, 5.74) is -1.31. The highest BCUT2D eigenvalue weighted by molar-refractivity contribution is 5.86. The van der Waals surface area contributed by atoms with Crippen LogP contribution in [-0.2, 0) is 19.1 Å². The standard InChI is InChI=1S/C12H19NO7/c1-8(2)9(15)19-5-4-13-11(18)20-7-12(3,6-14)10(16)17/h14H,1,4-7H2,2-3H3,(H,13,18)(H,16,17). The molecule has 1 atom stereocenters. The van der Waals surface area contributed by atoms with Crippen LogP contribution in [0.1, 0.15) is 13.8 Å². The summed E-state index contributed by atoms with van der Waals surface area (Å²) in [4.78, 5) is 33.1. The average Bonchev–Trinajstić information content (AvgIpc) is 2.40. The van der Waals surface area contributed by atoms with Gasteiger partial charge in [0.15, 0.2) is 0 Å². The molecule has 20 heavy (non-hydrogen) atoms. The van der Waals surface area contributed by atoms with Gasteiger partial charge >= 0.3 is 18.0 Å². The fraction of sp³-hybridized carbons (Fsp3) is 0.583. The van der Waals surface area contributed by atoms with Crippen LogP contribution in [0.2, 0.25) is 0 Å². The molecule has 0 bridgehead atoms. The molecule has 0 aliphatic carbocycles. The summed E-state index contributed by atoms with van der Waals surface area (Å²) in [7, 11) is 0. The summed E-state index contributed by atoms with van der Waals surface area (Å²) >= 11 is 0. The van der Waals surface area contributed by atoms with Crippen molar-refractivity contribution in [2.75, 3.05) is 26.4 Å². The highest BCUT2D eigenvalue weighted by Crippen LogP contribution is 2.15. The first kappa shape index (κ1) is 17.9. The third-order valence-electron chi connectivity index (χ3n) is 2.34. The average molecular weight is 289 g/mol. The summed E-state index contributed by atoms with van der Waals surface area (Å²) in [5.74, 6) is -1.85. The molecule has 8 nitrogen and oxygen atoms in total. The highest BCUT2D eigenvalue weighted by atomic mass is 16.6. The molecule has 0 saturated heterocycles. The molecule has 0 aromatic heterocycles. The monoisotopic (exact) mass is 289 g/mol. The molecule has 0 aromatic carbocycles. The van der Waals surface area contributed by atoms with Crippen LogP contribution < -0.4 is 5.32 Å². The van der Waals surface area contributed by atoms with Crippen molar-refractivity contribution in [2.45, 2.75) is 13.8 Å². The summed E-state index contributed by atoms with van der Waals surface area (Å²) in [6, 6.07) is 0. The Labute approximate surface area is 116 Å². The van der Waals surface area contributed by atoms with Crippen LogP contribution in [0.15, 0.2) is 12.2 Å². The summed E-state index contributed by atoms with van der Waals surface area (Å²) < 4.78 is 9.38. The maximum Gasteiger partial charge on any atom is 0.407 e. The Kier molecular flexibility index (Phi) is 7.30. The number of carboxylic acids is 1. The number of alkyl carbamates (subject to hydrolysis) is 1. The number of carboxylic acid groups (broad SMARTS) is 1. The van der Waals surface area contributed by atoms with Gasteiger partial charge in [-0.15, -0.1) is 0 Å². The Balaban J connectivity index is 3.93. The van der Waals surface area contributed by atoms with Gasteiger partial charge in [0.25, 0.3) is 0 Å². The second-order valence-electron chi connectivity index (χ2n) is 4.44. The molecule has 1 amide bonds. The largest absolute Gasteiger partial charge is 0.481 e. The number of hydrogen-bond donors (Lipinski definition) is 3. The molecule has 8 heteroatoms. The summed E-state index contributed by atoms with van der Waals surface area (Å²) in [5, 5.41) is 20.0. The number of aliphatic hydroxyl groups excluding tert-OH is 1. The topological polar surface area (TPSA) is 122 Å². The number of rotatable bonds is 8. The number of aliphatic carboxylic acids is 1. The number of nitrogens with one attached hydrogen (secondary N) is 1. The maximum atomic E-state index is 11.2. The van der Waals surface area contributed by atoms with E-state index in [1.54, 1.807) is 0 Å². The first-order valence-electron chi connectivity index (χ1n) is 5.80. The maximum absolute atomic E-state index is 11.2. The third kappa shape index (κ3) is 6.19. The third-order valence-corrected chi connectivity index (χ3v) is 2.34. The molecule has 0 fully saturated rings. The number of amides is 1. The molecule has 3 N–H and O–H groups in total. The Morgan fingerprint density at radius 2 is 1.90 bits per heavy atom. The first-order valence-corrected chi connectivity index (χ1v) is 5.80. The van der Waals surface area contributed by atoms with E-state index in [1.165, 1.54) is 13.8 Å². The lowest BCUT2D eigenvalue weighted by molar-refractivity contribution is -0.153. The highest BCUT2D eigenvalue weighted by Gasteiger charge is 2.34. The van der Waals surface area contributed by atoms with Gasteiger partial charge in [-0.3, -0.25) is 4.79 Å². The Bertz CT molecular complexity index is 393. The van der Waals surface area contributed by atoms with Gasteiger partial charge in [-0.25, -0.2) is 9.59 Å². The first-order chi connectivity index (χ1) is 9.23. The summed E-state index contributed by atoms with van der Waals surface area (Å²) in [6.07, 6.45) is -0.864. The van der Waals surface area contributed by atoms with Gasteiger partial charge in [-0.1, -0.05) is 6.58 Å². The minimum Gasteiger partial charge on any atom is -0.481 e. The van der Waals surface area contributed by atoms with Gasteiger partial charge in [-0.2, -0.15) is 0 Å². The van der Waals surface area contributed by atoms with E-state index in [1.807, 2.05) is 0 Å². The fourth-order valence-corrected chi connectivity index (χ4v) is 0.871. The second-order valence-corrected chi connectivity index (χ2v) is 4.44. The van der Waals surface area contributed by atoms with Gasteiger partial charge in [0.1, 0.15) is 18.6 Å². The van der Waals surface area contributed by atoms with Crippen molar-refractivity contribution in [1.29, 1.82) is 0 Å². The number of aliphatic hydroxyl groups is 1. The van der Waals surface area contributed by atoms with E-state index in [0.717, 1.165) is 0 Å². The van der Waals surface area contributed by atoms with Gasteiger partial charge in [0.2, 0.25) is 0 Å². The molecule has 0 aliphatic rings. The van der Waals surface area contributed by atoms with E-state index < -0.39 is 36.7 Å². The van der Waals surface area contributed by atoms with Crippen molar-refractivity contribution in [3.05, 3.63) is 12.2 Å². The Morgan fingerprint density at radius 1 is 1.30 bits per heavy atom. The van der Waals surface area contributed by atoms with Crippen molar-refractivity contribution < 1.29 is 34.1 Å². The minimum absolute atomic E-state index is 0.0146. The Morgan fingerprint density at radius 3 is 2.35 bits per heavy atom. The molecular weight excluding hydrogens is 270 g/mol. The molecule has 0 aromatic rings. The van der Waals surface area contributed by atoms with Crippen LogP contribution in [0, 0.1) is 5.41 Å². The van der Waals surface area contributed by atoms with Crippen molar-refractivity contribution >= 4 is 18.0 Å². The van der Waals surface area contributed by atoms with E-state index in [-0.39, 0.29) is 18.7 Å². The predicted molar refractivity (Wildman–Crippen MR) is 68.0 cm³/mol. The van der Waals surface area contributed by atoms with Crippen LogP contribution in [0.3, 0.4) is 0 Å². The van der Waals surface area contributed by atoms with Gasteiger partial charge in [0.05, 0.1) is 13.2 Å². The van der Waals surface area contributed by atoms with Crippen molar-refractivity contribution in [3.63, 3.8) is 0 Å². The van der Waals surface area contributed by atoms with Crippen molar-refractivity contribution in [3.8, 4) is 0 Å². The van der Waals surface area contributed by atoms with E-state index in [2.05, 4.69) is 16.6 Å². The lowest BCUT2D eigenvalue weighted by Crippen LogP contribution is -2.39. The second kappa shape index (κ2) is 8.16. The summed E-state index contributed by atoms with van der Waals surface area (Å²) in [6.45, 7) is 4.94. The van der Waals surface area contributed by atoms with Crippen LogP contribution in [0.5, 0.6) is 0 Å². The van der Waals surface area contributed by atoms with E-state index in [0.29, 0.717) is 0 Å². The van der Waals surface area contributed by atoms with Crippen LogP contribution in [0.4, 0.5) is 4.79 Å². The molecule has 0 spiro atoms. The smallest absolute Gasteiger partial charge is 0.407 e. The van der Waals surface area contributed by atoms with Gasteiger partial charge in [-0.05, 0) is 13.8 Å². The zero-order chi connectivity index (χ0) is 15.8. The van der Waals surface area contributed by atoms with Crippen LogP contribution in [0.25, 0.3) is 0 Å². The zero-order valence-corrected chi connectivity index (χ0v) is 11.5. The molecular formula is C12H19NO7. The van der Waals surface area contributed by atoms with Crippen molar-refractivity contribution in [2.24, 2.45) is 5.41 Å². The number of hydrogen-bond acceptors (Lipinski definition) is 6. The Hall–Kier alpha value is -2.09. The molecule has 0 saturated carbocycles. The normalized spacial score (nSPS) is 12.9. The SMILES string of the molecule is C=C(C)C(=O)OCCNC(=O)OCC(C)(CO)C(=O)O. The van der Waals surface area contributed by atoms with E-state index in [4.69, 9.17) is 14.9 Å². The number of carbonyl (C=O) groups is 3. The van der Waals surface area contributed by atoms with E-state index >= 15 is 0 Å². The van der Waals surface area contributed by atoms with Crippen LogP contribution >= 0.6 is 0 Å². The number of carbonyl (C=O) groups excluding carboxylic acids is 2. The van der Waals surface area contributed by atoms with Crippen molar-refractivity contribution in [1.82, 2.24) is 5.32 Å². The molecule has 0 heterocycles. The molecule has 0 aliphatic heterocycles. The minimum atomic E-state index is -1.55. The van der Waals surface area contributed by atoms with E-state index in [9.17, 15) is 14.4 Å². The zero-order valence-electron chi connectivity index (χ0n) is 11.5. The van der Waals surface area contributed by atoms with Gasteiger partial charge in [0, 0.05) is 5.57 Å². The molecule has 114 valence electrons. The molecule has 0 rings (SSSR count). The molecule has 0 radical (unpaired) electrons. The lowest BCUT2D eigenvalue weighted by Gasteiger charge is -2.21. The number of esters is 1. The van der Waals surface area contributed by atoms with Gasteiger partial charge < -0.3 is 25.0 Å². The number of ether oxygens (including phenoxy) is 2. The fourth-order valence-electron chi connectivity index (χ4n) is 0.871. The molecule has 1 unspecified atom stereocenters. The predicted octanol–water partition coefficient (Wildman–Crippen LogP) is -0.0849. The quantitative estimate of drug-likeness (QED) is 0.324.